The van der Waals surface area contributed by atoms with Gasteiger partial charge < -0.3 is 9.73 Å². The second-order valence-corrected chi connectivity index (χ2v) is 6.55. The molecule has 1 saturated heterocycles. The Morgan fingerprint density at radius 2 is 1.96 bits per heavy atom. The number of aromatic nitrogens is 2. The van der Waals surface area contributed by atoms with E-state index in [9.17, 15) is 14.9 Å². The van der Waals surface area contributed by atoms with Gasteiger partial charge in [0.15, 0.2) is 5.56 Å². The number of nitrogens with zero attached hydrogens (tertiary/aromatic N) is 4. The summed E-state index contributed by atoms with van der Waals surface area (Å²) in [6.45, 7) is 2.37. The van der Waals surface area contributed by atoms with E-state index < -0.39 is 11.2 Å². The maximum absolute atomic E-state index is 12.2. The summed E-state index contributed by atoms with van der Waals surface area (Å²) < 4.78 is 7.85. The maximum Gasteiger partial charge on any atom is 0.332 e. The molecule has 0 amide bonds. The van der Waals surface area contributed by atoms with Crippen LogP contribution in [0.5, 0.6) is 0 Å². The molecule has 0 unspecified atom stereocenters. The Balaban J connectivity index is 1.92. The van der Waals surface area contributed by atoms with Crippen LogP contribution in [-0.2, 0) is 14.1 Å². The summed E-state index contributed by atoms with van der Waals surface area (Å²) >= 11 is 0. The van der Waals surface area contributed by atoms with Crippen LogP contribution in [0.2, 0.25) is 0 Å². The van der Waals surface area contributed by atoms with Gasteiger partial charge in [0.1, 0.15) is 17.6 Å². The fraction of sp³-hybridized carbons (Fsp3) is 0.500. The van der Waals surface area contributed by atoms with Gasteiger partial charge in [0.2, 0.25) is 0 Å². The van der Waals surface area contributed by atoms with E-state index in [0.717, 1.165) is 36.3 Å². The van der Waals surface area contributed by atoms with Crippen LogP contribution in [0.3, 0.4) is 0 Å². The zero-order valence-corrected chi connectivity index (χ0v) is 15.1. The molecule has 2 aromatic rings. The van der Waals surface area contributed by atoms with Crippen LogP contribution in [-0.4, -0.2) is 33.7 Å². The number of piperidine rings is 1. The first-order valence-electron chi connectivity index (χ1n) is 8.76. The highest BCUT2D eigenvalue weighted by molar-refractivity contribution is 5.51. The molecule has 0 saturated carbocycles. The molecule has 0 bridgehead atoms. The number of hydrogen-bond donors (Lipinski definition) is 1. The minimum Gasteiger partial charge on any atom is -0.468 e. The predicted octanol–water partition coefficient (Wildman–Crippen LogP) is 1.19. The average molecular weight is 357 g/mol. The smallest absolute Gasteiger partial charge is 0.332 e. The number of likely N-dealkylation sites (tertiary alicyclic amines) is 1. The van der Waals surface area contributed by atoms with E-state index in [0.29, 0.717) is 6.54 Å². The molecule has 3 rings (SSSR count). The first-order valence-corrected chi connectivity index (χ1v) is 8.76. The summed E-state index contributed by atoms with van der Waals surface area (Å²) in [7, 11) is 2.92. The minimum atomic E-state index is -0.592. The van der Waals surface area contributed by atoms with Crippen LogP contribution in [0.15, 0.2) is 32.4 Å². The van der Waals surface area contributed by atoms with Crippen molar-refractivity contribution >= 4 is 5.82 Å². The average Bonchev–Trinajstić information content (AvgIpc) is 3.19. The van der Waals surface area contributed by atoms with Crippen LogP contribution < -0.4 is 16.6 Å². The van der Waals surface area contributed by atoms with Crippen molar-refractivity contribution in [2.75, 3.05) is 25.0 Å². The lowest BCUT2D eigenvalue weighted by Gasteiger charge is -2.33. The number of nitriles is 1. The van der Waals surface area contributed by atoms with Gasteiger partial charge in [-0.3, -0.25) is 18.8 Å². The third kappa shape index (κ3) is 3.30. The Labute approximate surface area is 151 Å². The molecule has 0 aromatic carbocycles. The van der Waals surface area contributed by atoms with Gasteiger partial charge in [-0.1, -0.05) is 6.42 Å². The summed E-state index contributed by atoms with van der Waals surface area (Å²) in [4.78, 5) is 26.8. The monoisotopic (exact) mass is 357 g/mol. The van der Waals surface area contributed by atoms with Crippen LogP contribution in [0.25, 0.3) is 0 Å². The van der Waals surface area contributed by atoms with Gasteiger partial charge in [0.05, 0.1) is 12.3 Å². The van der Waals surface area contributed by atoms with Crippen molar-refractivity contribution in [1.82, 2.24) is 14.0 Å². The van der Waals surface area contributed by atoms with E-state index in [2.05, 4.69) is 10.2 Å². The molecule has 26 heavy (non-hydrogen) atoms. The van der Waals surface area contributed by atoms with E-state index in [1.54, 1.807) is 13.3 Å². The molecule has 0 spiro atoms. The van der Waals surface area contributed by atoms with E-state index >= 15 is 0 Å². The van der Waals surface area contributed by atoms with E-state index in [-0.39, 0.29) is 17.4 Å². The number of furan rings is 1. The molecule has 1 N–H and O–H groups in total. The molecule has 8 nitrogen and oxygen atoms in total. The SMILES string of the molecule is Cn1c(NC[C@@H](c2ccco2)N2CCCCC2)c(C#N)c(=O)n(C)c1=O. The van der Waals surface area contributed by atoms with Crippen molar-refractivity contribution in [2.24, 2.45) is 14.1 Å². The molecule has 3 heterocycles. The molecule has 1 aliphatic heterocycles. The lowest BCUT2D eigenvalue weighted by molar-refractivity contribution is 0.152. The van der Waals surface area contributed by atoms with Crippen molar-refractivity contribution in [3.8, 4) is 6.07 Å². The molecular formula is C18H23N5O3. The highest BCUT2D eigenvalue weighted by Crippen LogP contribution is 2.25. The Kier molecular flexibility index (Phi) is 5.28. The van der Waals surface area contributed by atoms with Crippen LogP contribution >= 0.6 is 0 Å². The number of hydrogen-bond acceptors (Lipinski definition) is 6. The molecule has 1 aliphatic rings. The number of nitrogens with one attached hydrogen (secondary N) is 1. The Bertz CT molecular complexity index is 914. The standard InChI is InChI=1S/C18H23N5O3/c1-21-16(13(11-19)17(24)22(2)18(21)25)20-12-14(15-7-6-10-26-15)23-8-4-3-5-9-23/h6-7,10,14,20H,3-5,8-9,12H2,1-2H3/t14-/m0/s1. The summed E-state index contributed by atoms with van der Waals surface area (Å²) in [5, 5.41) is 12.5. The van der Waals surface area contributed by atoms with E-state index in [4.69, 9.17) is 4.42 Å². The maximum atomic E-state index is 12.2. The van der Waals surface area contributed by atoms with Gasteiger partial charge in [-0.15, -0.1) is 0 Å². The molecule has 0 aliphatic carbocycles. The van der Waals surface area contributed by atoms with Crippen LogP contribution in [0, 0.1) is 11.3 Å². The van der Waals surface area contributed by atoms with E-state index in [1.165, 1.54) is 18.0 Å². The summed E-state index contributed by atoms with van der Waals surface area (Å²) in [6, 6.07) is 5.66. The molecule has 138 valence electrons. The van der Waals surface area contributed by atoms with Crippen LogP contribution in [0.1, 0.15) is 36.6 Å². The second kappa shape index (κ2) is 7.62. The van der Waals surface area contributed by atoms with Crippen molar-refractivity contribution in [3.05, 3.63) is 50.6 Å². The fourth-order valence-corrected chi connectivity index (χ4v) is 3.47. The molecule has 2 aromatic heterocycles. The minimum absolute atomic E-state index is 0.0315. The molecule has 1 atom stereocenters. The van der Waals surface area contributed by atoms with Crippen molar-refractivity contribution < 1.29 is 4.42 Å². The Morgan fingerprint density at radius 1 is 1.23 bits per heavy atom. The quantitative estimate of drug-likeness (QED) is 0.863. The molecular weight excluding hydrogens is 334 g/mol. The Morgan fingerprint density at radius 3 is 2.58 bits per heavy atom. The summed E-state index contributed by atoms with van der Waals surface area (Å²) in [6.07, 6.45) is 5.12. The van der Waals surface area contributed by atoms with Gasteiger partial charge in [0, 0.05) is 20.6 Å². The first kappa shape index (κ1) is 18.0. The predicted molar refractivity (Wildman–Crippen MR) is 97.0 cm³/mol. The largest absolute Gasteiger partial charge is 0.468 e. The van der Waals surface area contributed by atoms with E-state index in [1.807, 2.05) is 18.2 Å². The fourth-order valence-electron chi connectivity index (χ4n) is 3.47. The Hall–Kier alpha value is -2.79. The molecule has 8 heteroatoms. The third-order valence-electron chi connectivity index (χ3n) is 4.94. The summed E-state index contributed by atoms with van der Waals surface area (Å²) in [5.74, 6) is 1.07. The van der Waals surface area contributed by atoms with Crippen molar-refractivity contribution in [3.63, 3.8) is 0 Å². The van der Waals surface area contributed by atoms with Gasteiger partial charge in [-0.05, 0) is 38.1 Å². The topological polar surface area (TPSA) is 96.2 Å². The number of rotatable bonds is 5. The summed E-state index contributed by atoms with van der Waals surface area (Å²) in [5.41, 5.74) is -1.12. The lowest BCUT2D eigenvalue weighted by Crippen LogP contribution is -2.41. The number of anilines is 1. The highest BCUT2D eigenvalue weighted by atomic mass is 16.3. The van der Waals surface area contributed by atoms with Gasteiger partial charge in [-0.25, -0.2) is 4.79 Å². The lowest BCUT2D eigenvalue weighted by atomic mass is 10.1. The molecule has 0 radical (unpaired) electrons. The zero-order chi connectivity index (χ0) is 18.7. The zero-order valence-electron chi connectivity index (χ0n) is 15.1. The van der Waals surface area contributed by atoms with Crippen molar-refractivity contribution in [1.29, 1.82) is 5.26 Å². The van der Waals surface area contributed by atoms with Crippen LogP contribution in [0.4, 0.5) is 5.82 Å². The van der Waals surface area contributed by atoms with Gasteiger partial charge in [0.25, 0.3) is 5.56 Å². The molecule has 1 fully saturated rings. The second-order valence-electron chi connectivity index (χ2n) is 6.55. The highest BCUT2D eigenvalue weighted by Gasteiger charge is 2.25. The van der Waals surface area contributed by atoms with Crippen molar-refractivity contribution in [2.45, 2.75) is 25.3 Å². The van der Waals surface area contributed by atoms with Gasteiger partial charge >= 0.3 is 5.69 Å². The normalized spacial score (nSPS) is 16.2. The van der Waals surface area contributed by atoms with Gasteiger partial charge in [-0.2, -0.15) is 5.26 Å². The first-order chi connectivity index (χ1) is 12.5. The third-order valence-corrected chi connectivity index (χ3v) is 4.94.